The van der Waals surface area contributed by atoms with Crippen LogP contribution in [0.5, 0.6) is 11.5 Å². The molecule has 4 nitrogen and oxygen atoms in total. The van der Waals surface area contributed by atoms with Crippen molar-refractivity contribution >= 4 is 0 Å². The van der Waals surface area contributed by atoms with Gasteiger partial charge in [0, 0.05) is 12.6 Å². The number of fused-ring (bicyclic) bond motifs is 1. The first-order valence-electron chi connectivity index (χ1n) is 7.51. The maximum absolute atomic E-state index is 5.38. The highest BCUT2D eigenvalue weighted by atomic mass is 16.5. The van der Waals surface area contributed by atoms with E-state index in [4.69, 9.17) is 9.47 Å². The van der Waals surface area contributed by atoms with Crippen molar-refractivity contribution in [3.05, 3.63) is 47.8 Å². The third kappa shape index (κ3) is 2.90. The number of rotatable bonds is 5. The van der Waals surface area contributed by atoms with E-state index in [1.54, 1.807) is 14.2 Å². The molecular weight excluding hydrogens is 264 g/mol. The third-order valence-electron chi connectivity index (χ3n) is 4.26. The monoisotopic (exact) mass is 287 g/mol. The zero-order valence-electron chi connectivity index (χ0n) is 12.7. The number of hydrogen-bond acceptors (Lipinski definition) is 2. The summed E-state index contributed by atoms with van der Waals surface area (Å²) >= 11 is 0. The lowest BCUT2D eigenvalue weighted by molar-refractivity contribution is -0.703. The Labute approximate surface area is 125 Å². The van der Waals surface area contributed by atoms with Crippen molar-refractivity contribution in [2.24, 2.45) is 0 Å². The van der Waals surface area contributed by atoms with E-state index in [0.29, 0.717) is 6.04 Å². The molecule has 1 atom stereocenters. The molecule has 0 radical (unpaired) electrons. The van der Waals surface area contributed by atoms with Crippen LogP contribution < -0.4 is 14.8 Å². The van der Waals surface area contributed by atoms with Gasteiger partial charge in [-0.3, -0.25) is 0 Å². The van der Waals surface area contributed by atoms with Crippen LogP contribution in [0.25, 0.3) is 0 Å². The molecule has 0 spiro atoms. The summed E-state index contributed by atoms with van der Waals surface area (Å²) in [7, 11) is 3.35. The van der Waals surface area contributed by atoms with Gasteiger partial charge in [-0.1, -0.05) is 6.07 Å². The second-order valence-corrected chi connectivity index (χ2v) is 5.49. The van der Waals surface area contributed by atoms with E-state index in [9.17, 15) is 0 Å². The van der Waals surface area contributed by atoms with Crippen molar-refractivity contribution in [1.82, 2.24) is 4.57 Å². The molecule has 3 rings (SSSR count). The van der Waals surface area contributed by atoms with Gasteiger partial charge in [0.25, 0.3) is 0 Å². The minimum Gasteiger partial charge on any atom is -0.493 e. The van der Waals surface area contributed by atoms with E-state index < -0.39 is 0 Å². The van der Waals surface area contributed by atoms with Crippen molar-refractivity contribution in [3.63, 3.8) is 0 Å². The fraction of sp³-hybridized carbons (Fsp3) is 0.412. The maximum Gasteiger partial charge on any atom is 0.160 e. The van der Waals surface area contributed by atoms with Gasteiger partial charge in [-0.05, 0) is 36.2 Å². The molecular formula is C17H23N2O2+. The highest BCUT2D eigenvalue weighted by Gasteiger charge is 2.22. The molecule has 4 heteroatoms. The molecule has 1 aliphatic rings. The quantitative estimate of drug-likeness (QED) is 0.910. The standard InChI is InChI=1S/C17H22N2O2/c1-20-16-8-6-13(12-17(16)21-2)5-7-14-15-4-3-10-19(15)11-9-18-14/h3-4,6,8,10,12,14,18H,5,7,9,11H2,1-2H3/p+1/t14-/m0/s1. The molecule has 0 bridgehead atoms. The Morgan fingerprint density at radius 1 is 1.19 bits per heavy atom. The fourth-order valence-electron chi connectivity index (χ4n) is 3.13. The van der Waals surface area contributed by atoms with Crippen molar-refractivity contribution in [3.8, 4) is 11.5 Å². The summed E-state index contributed by atoms with van der Waals surface area (Å²) in [4.78, 5) is 0. The number of benzene rings is 1. The number of aryl methyl sites for hydroxylation is 1. The summed E-state index contributed by atoms with van der Waals surface area (Å²) < 4.78 is 13.0. The summed E-state index contributed by atoms with van der Waals surface area (Å²) in [6.07, 6.45) is 4.37. The lowest BCUT2D eigenvalue weighted by atomic mass is 10.0. The number of methoxy groups -OCH3 is 2. The molecule has 21 heavy (non-hydrogen) atoms. The molecule has 2 N–H and O–H groups in total. The van der Waals surface area contributed by atoms with Crippen LogP contribution in [0.3, 0.4) is 0 Å². The topological polar surface area (TPSA) is 40.0 Å². The van der Waals surface area contributed by atoms with Gasteiger partial charge in [0.2, 0.25) is 0 Å². The number of hydrogen-bond donors (Lipinski definition) is 1. The summed E-state index contributed by atoms with van der Waals surface area (Å²) in [6.45, 7) is 2.29. The summed E-state index contributed by atoms with van der Waals surface area (Å²) in [5, 5.41) is 2.45. The minimum absolute atomic E-state index is 0.557. The molecule has 1 aliphatic heterocycles. The van der Waals surface area contributed by atoms with Gasteiger partial charge in [0.05, 0.1) is 33.0 Å². The van der Waals surface area contributed by atoms with Crippen molar-refractivity contribution < 1.29 is 14.8 Å². The van der Waals surface area contributed by atoms with Crippen LogP contribution in [0.2, 0.25) is 0 Å². The summed E-state index contributed by atoms with van der Waals surface area (Å²) in [5.41, 5.74) is 2.74. The van der Waals surface area contributed by atoms with Crippen LogP contribution in [-0.2, 0) is 13.0 Å². The Hall–Kier alpha value is -1.94. The van der Waals surface area contributed by atoms with Crippen LogP contribution in [0, 0.1) is 0 Å². The van der Waals surface area contributed by atoms with E-state index >= 15 is 0 Å². The normalized spacial score (nSPS) is 17.3. The molecule has 0 unspecified atom stereocenters. The Morgan fingerprint density at radius 2 is 2.05 bits per heavy atom. The average Bonchev–Trinajstić information content (AvgIpc) is 3.01. The first-order valence-corrected chi connectivity index (χ1v) is 7.51. The van der Waals surface area contributed by atoms with Gasteiger partial charge >= 0.3 is 0 Å². The van der Waals surface area contributed by atoms with Crippen LogP contribution in [0.1, 0.15) is 23.7 Å². The number of nitrogens with zero attached hydrogens (tertiary/aromatic N) is 1. The van der Waals surface area contributed by atoms with Gasteiger partial charge in [0.15, 0.2) is 11.5 Å². The van der Waals surface area contributed by atoms with E-state index in [1.807, 2.05) is 6.07 Å². The van der Waals surface area contributed by atoms with Crippen LogP contribution in [0.15, 0.2) is 36.5 Å². The largest absolute Gasteiger partial charge is 0.493 e. The fourth-order valence-corrected chi connectivity index (χ4v) is 3.13. The van der Waals surface area contributed by atoms with Gasteiger partial charge in [-0.2, -0.15) is 0 Å². The minimum atomic E-state index is 0.557. The van der Waals surface area contributed by atoms with Gasteiger partial charge < -0.3 is 19.4 Å². The molecule has 2 heterocycles. The lowest BCUT2D eigenvalue weighted by Gasteiger charge is -2.23. The Kier molecular flexibility index (Phi) is 4.15. The molecule has 0 saturated carbocycles. The predicted octanol–water partition coefficient (Wildman–Crippen LogP) is 1.76. The second-order valence-electron chi connectivity index (χ2n) is 5.49. The Morgan fingerprint density at radius 3 is 2.86 bits per heavy atom. The SMILES string of the molecule is COc1ccc(CC[C@@H]2[NH2+]CCn3cccc32)cc1OC. The van der Waals surface area contributed by atoms with Crippen LogP contribution in [0.4, 0.5) is 0 Å². The van der Waals surface area contributed by atoms with Gasteiger partial charge in [-0.15, -0.1) is 0 Å². The highest BCUT2D eigenvalue weighted by molar-refractivity contribution is 5.42. The molecule has 1 aromatic heterocycles. The molecule has 2 aromatic rings. The molecule has 0 aliphatic carbocycles. The predicted molar refractivity (Wildman–Crippen MR) is 81.8 cm³/mol. The maximum atomic E-state index is 5.38. The molecule has 0 fully saturated rings. The third-order valence-corrected chi connectivity index (χ3v) is 4.26. The van der Waals surface area contributed by atoms with Crippen molar-refractivity contribution in [2.75, 3.05) is 20.8 Å². The number of nitrogens with two attached hydrogens (primary N) is 1. The van der Waals surface area contributed by atoms with Gasteiger partial charge in [-0.25, -0.2) is 0 Å². The molecule has 0 amide bonds. The average molecular weight is 287 g/mol. The summed E-state index contributed by atoms with van der Waals surface area (Å²) in [6, 6.07) is 11.2. The lowest BCUT2D eigenvalue weighted by Crippen LogP contribution is -2.87. The van der Waals surface area contributed by atoms with Crippen molar-refractivity contribution in [2.45, 2.75) is 25.4 Å². The number of aromatic nitrogens is 1. The zero-order valence-corrected chi connectivity index (χ0v) is 12.7. The van der Waals surface area contributed by atoms with Crippen molar-refractivity contribution in [1.29, 1.82) is 0 Å². The molecule has 112 valence electrons. The van der Waals surface area contributed by atoms with E-state index in [2.05, 4.69) is 40.3 Å². The Balaban J connectivity index is 1.69. The first kappa shape index (κ1) is 14.0. The smallest absolute Gasteiger partial charge is 0.160 e. The Bertz CT molecular complexity index is 607. The van der Waals surface area contributed by atoms with E-state index in [1.165, 1.54) is 11.3 Å². The molecule has 0 saturated heterocycles. The van der Waals surface area contributed by atoms with Gasteiger partial charge in [0.1, 0.15) is 6.04 Å². The molecule has 1 aromatic carbocycles. The zero-order chi connectivity index (χ0) is 14.7. The number of ether oxygens (including phenoxy) is 2. The van der Waals surface area contributed by atoms with E-state index in [0.717, 1.165) is 37.4 Å². The first-order chi connectivity index (χ1) is 10.3. The second kappa shape index (κ2) is 6.22. The van der Waals surface area contributed by atoms with E-state index in [-0.39, 0.29) is 0 Å². The van der Waals surface area contributed by atoms with Crippen LogP contribution >= 0.6 is 0 Å². The summed E-state index contributed by atoms with van der Waals surface area (Å²) in [5.74, 6) is 1.60. The van der Waals surface area contributed by atoms with Crippen LogP contribution in [-0.4, -0.2) is 25.3 Å². The highest BCUT2D eigenvalue weighted by Crippen LogP contribution is 2.28. The number of quaternary nitrogens is 1.